The highest BCUT2D eigenvalue weighted by Crippen LogP contribution is 2.22. The van der Waals surface area contributed by atoms with Crippen molar-refractivity contribution in [2.24, 2.45) is 0 Å². The zero-order valence-corrected chi connectivity index (χ0v) is 11.9. The molecule has 1 aliphatic rings. The average molecular weight is 260 g/mol. The third-order valence-electron chi connectivity index (χ3n) is 3.71. The molecule has 0 spiro atoms. The minimum atomic E-state index is -0.799. The number of nitrogens with one attached hydrogen (secondary N) is 1. The second-order valence-electron chi connectivity index (χ2n) is 5.59. The molecule has 1 aliphatic heterocycles. The van der Waals surface area contributed by atoms with Crippen LogP contribution in [0.1, 0.15) is 35.3 Å². The van der Waals surface area contributed by atoms with E-state index in [0.717, 1.165) is 11.1 Å². The highest BCUT2D eigenvalue weighted by molar-refractivity contribution is 6.00. The first-order valence-electron chi connectivity index (χ1n) is 6.51. The Morgan fingerprint density at radius 3 is 2.63 bits per heavy atom. The number of hydrogen-bond donors (Lipinski definition) is 1. The van der Waals surface area contributed by atoms with Gasteiger partial charge in [0.15, 0.2) is 0 Å². The number of benzene rings is 1. The van der Waals surface area contributed by atoms with Crippen LogP contribution in [0.3, 0.4) is 0 Å². The van der Waals surface area contributed by atoms with Crippen LogP contribution in [0.2, 0.25) is 0 Å². The minimum absolute atomic E-state index is 0.0719. The molecule has 102 valence electrons. The number of hydrogen-bond acceptors (Lipinski definition) is 2. The Bertz CT molecular complexity index is 535. The van der Waals surface area contributed by atoms with Gasteiger partial charge < -0.3 is 10.2 Å². The van der Waals surface area contributed by atoms with Crippen molar-refractivity contribution < 1.29 is 9.59 Å². The van der Waals surface area contributed by atoms with Crippen LogP contribution >= 0.6 is 0 Å². The molecule has 0 aliphatic carbocycles. The van der Waals surface area contributed by atoms with Crippen molar-refractivity contribution in [2.75, 3.05) is 13.1 Å². The van der Waals surface area contributed by atoms with E-state index in [1.54, 1.807) is 18.7 Å². The third-order valence-corrected chi connectivity index (χ3v) is 3.71. The lowest BCUT2D eigenvalue weighted by Gasteiger charge is -2.41. The van der Waals surface area contributed by atoms with E-state index in [4.69, 9.17) is 0 Å². The largest absolute Gasteiger partial charge is 0.352 e. The topological polar surface area (TPSA) is 49.4 Å². The molecule has 1 saturated heterocycles. The maximum Gasteiger partial charge on any atom is 0.255 e. The molecular weight excluding hydrogens is 240 g/mol. The van der Waals surface area contributed by atoms with E-state index in [0.29, 0.717) is 18.7 Å². The van der Waals surface area contributed by atoms with Crippen molar-refractivity contribution in [3.8, 4) is 0 Å². The van der Waals surface area contributed by atoms with Crippen LogP contribution in [-0.2, 0) is 4.79 Å². The smallest absolute Gasteiger partial charge is 0.255 e. The Balaban J connectivity index is 2.35. The van der Waals surface area contributed by atoms with Crippen molar-refractivity contribution in [3.05, 3.63) is 34.9 Å². The normalized spacial score (nSPS) is 18.1. The summed E-state index contributed by atoms with van der Waals surface area (Å²) in [6.07, 6.45) is 0. The molecule has 0 atom stereocenters. The van der Waals surface area contributed by atoms with Crippen LogP contribution in [0.4, 0.5) is 0 Å². The van der Waals surface area contributed by atoms with E-state index in [9.17, 15) is 9.59 Å². The summed E-state index contributed by atoms with van der Waals surface area (Å²) < 4.78 is 0. The van der Waals surface area contributed by atoms with Gasteiger partial charge in [-0.1, -0.05) is 17.7 Å². The van der Waals surface area contributed by atoms with Gasteiger partial charge in [0.1, 0.15) is 5.54 Å². The molecule has 1 aromatic carbocycles. The van der Waals surface area contributed by atoms with Gasteiger partial charge in [0.05, 0.1) is 0 Å². The number of rotatable bonds is 1. The Morgan fingerprint density at radius 2 is 2.00 bits per heavy atom. The van der Waals surface area contributed by atoms with Gasteiger partial charge in [-0.2, -0.15) is 0 Å². The molecule has 0 saturated carbocycles. The summed E-state index contributed by atoms with van der Waals surface area (Å²) in [4.78, 5) is 26.2. The molecule has 0 bridgehead atoms. The average Bonchev–Trinajstić information content (AvgIpc) is 2.32. The lowest BCUT2D eigenvalue weighted by atomic mass is 9.96. The quantitative estimate of drug-likeness (QED) is 0.834. The lowest BCUT2D eigenvalue weighted by Crippen LogP contribution is -2.63. The Kier molecular flexibility index (Phi) is 3.35. The van der Waals surface area contributed by atoms with Crippen molar-refractivity contribution in [1.82, 2.24) is 10.2 Å². The fraction of sp³-hybridized carbons (Fsp3) is 0.467. The fourth-order valence-corrected chi connectivity index (χ4v) is 2.45. The maximum atomic E-state index is 12.6. The third kappa shape index (κ3) is 2.35. The van der Waals surface area contributed by atoms with E-state index in [1.807, 2.05) is 32.0 Å². The van der Waals surface area contributed by atoms with Gasteiger partial charge in [0.2, 0.25) is 5.91 Å². The van der Waals surface area contributed by atoms with Gasteiger partial charge in [-0.3, -0.25) is 9.59 Å². The molecule has 2 amide bonds. The van der Waals surface area contributed by atoms with Crippen LogP contribution in [0.25, 0.3) is 0 Å². The summed E-state index contributed by atoms with van der Waals surface area (Å²) in [5.41, 5.74) is 1.96. The first kappa shape index (κ1) is 13.6. The van der Waals surface area contributed by atoms with Crippen molar-refractivity contribution in [2.45, 2.75) is 33.2 Å². The highest BCUT2D eigenvalue weighted by Gasteiger charge is 2.40. The molecule has 1 heterocycles. The summed E-state index contributed by atoms with van der Waals surface area (Å²) in [6.45, 7) is 8.55. The molecule has 4 nitrogen and oxygen atoms in total. The molecule has 2 rings (SSSR count). The van der Waals surface area contributed by atoms with E-state index in [2.05, 4.69) is 5.32 Å². The molecule has 0 radical (unpaired) electrons. The molecule has 19 heavy (non-hydrogen) atoms. The summed E-state index contributed by atoms with van der Waals surface area (Å²) >= 11 is 0. The lowest BCUT2D eigenvalue weighted by molar-refractivity contribution is -0.133. The zero-order valence-electron chi connectivity index (χ0n) is 11.9. The fourth-order valence-electron chi connectivity index (χ4n) is 2.45. The van der Waals surface area contributed by atoms with Gasteiger partial charge >= 0.3 is 0 Å². The molecular formula is C15H20N2O2. The van der Waals surface area contributed by atoms with Crippen molar-refractivity contribution in [3.63, 3.8) is 0 Å². The van der Waals surface area contributed by atoms with E-state index in [-0.39, 0.29) is 11.8 Å². The van der Waals surface area contributed by atoms with Gasteiger partial charge in [-0.15, -0.1) is 0 Å². The second kappa shape index (κ2) is 4.68. The first-order valence-corrected chi connectivity index (χ1v) is 6.51. The molecule has 1 fully saturated rings. The van der Waals surface area contributed by atoms with Crippen LogP contribution in [0.5, 0.6) is 0 Å². The number of amides is 2. The molecule has 1 aromatic rings. The molecule has 0 aromatic heterocycles. The molecule has 1 N–H and O–H groups in total. The number of piperazine rings is 1. The van der Waals surface area contributed by atoms with E-state index in [1.165, 1.54) is 0 Å². The van der Waals surface area contributed by atoms with Gasteiger partial charge in [0, 0.05) is 18.7 Å². The van der Waals surface area contributed by atoms with E-state index >= 15 is 0 Å². The number of aryl methyl sites for hydroxylation is 2. The maximum absolute atomic E-state index is 12.6. The van der Waals surface area contributed by atoms with Crippen LogP contribution in [0, 0.1) is 13.8 Å². The highest BCUT2D eigenvalue weighted by atomic mass is 16.2. The number of carbonyl (C=O) groups excluding carboxylic acids is 2. The minimum Gasteiger partial charge on any atom is -0.352 e. The summed E-state index contributed by atoms with van der Waals surface area (Å²) in [6, 6.07) is 5.76. The second-order valence-corrected chi connectivity index (χ2v) is 5.59. The predicted octanol–water partition coefficient (Wildman–Crippen LogP) is 1.65. The van der Waals surface area contributed by atoms with Crippen LogP contribution in [-0.4, -0.2) is 35.3 Å². The van der Waals surface area contributed by atoms with Crippen molar-refractivity contribution >= 4 is 11.8 Å². The first-order chi connectivity index (χ1) is 8.84. The predicted molar refractivity (Wildman–Crippen MR) is 74.0 cm³/mol. The Hall–Kier alpha value is -1.84. The van der Waals surface area contributed by atoms with Crippen molar-refractivity contribution in [1.29, 1.82) is 0 Å². The summed E-state index contributed by atoms with van der Waals surface area (Å²) in [5.74, 6) is -0.172. The summed E-state index contributed by atoms with van der Waals surface area (Å²) in [7, 11) is 0. The molecule has 4 heteroatoms. The standard InChI is InChI=1S/C15H20N2O2/c1-10-5-6-12(11(2)9-10)13(18)17-8-7-16-14(19)15(17,3)4/h5-6,9H,7-8H2,1-4H3,(H,16,19). The SMILES string of the molecule is Cc1ccc(C(=O)N2CCNC(=O)C2(C)C)c(C)c1. The zero-order chi connectivity index (χ0) is 14.2. The monoisotopic (exact) mass is 260 g/mol. The van der Waals surface area contributed by atoms with Crippen LogP contribution in [0.15, 0.2) is 18.2 Å². The van der Waals surface area contributed by atoms with Gasteiger partial charge in [0.25, 0.3) is 5.91 Å². The van der Waals surface area contributed by atoms with Gasteiger partial charge in [-0.25, -0.2) is 0 Å². The molecule has 0 unspecified atom stereocenters. The van der Waals surface area contributed by atoms with Crippen LogP contribution < -0.4 is 5.32 Å². The number of nitrogens with zero attached hydrogens (tertiary/aromatic N) is 1. The number of carbonyl (C=O) groups is 2. The van der Waals surface area contributed by atoms with E-state index < -0.39 is 5.54 Å². The Morgan fingerprint density at radius 1 is 1.32 bits per heavy atom. The Labute approximate surface area is 113 Å². The van der Waals surface area contributed by atoms with Gasteiger partial charge in [-0.05, 0) is 39.3 Å². The summed E-state index contributed by atoms with van der Waals surface area (Å²) in [5, 5.41) is 2.80.